The van der Waals surface area contributed by atoms with Crippen molar-refractivity contribution in [2.24, 2.45) is 0 Å². The van der Waals surface area contributed by atoms with Crippen LogP contribution in [0.25, 0.3) is 11.0 Å². The molecule has 0 aliphatic rings. The van der Waals surface area contributed by atoms with E-state index >= 15 is 0 Å². The van der Waals surface area contributed by atoms with Gasteiger partial charge in [-0.25, -0.2) is 4.63 Å². The van der Waals surface area contributed by atoms with Gasteiger partial charge in [-0.2, -0.15) is 0 Å². The first-order valence-electron chi connectivity index (χ1n) is 3.90. The summed E-state index contributed by atoms with van der Waals surface area (Å²) < 4.78 is 5.72. The van der Waals surface area contributed by atoms with Gasteiger partial charge in [-0.3, -0.25) is 14.5 Å². The lowest BCUT2D eigenvalue weighted by Gasteiger charge is -2.07. The smallest absolute Gasteiger partial charge is 0.286 e. The van der Waals surface area contributed by atoms with E-state index in [2.05, 4.69) is 14.9 Å². The van der Waals surface area contributed by atoms with Crippen LogP contribution in [0.3, 0.4) is 0 Å². The molecule has 0 bridgehead atoms. The molecule has 0 spiro atoms. The van der Waals surface area contributed by atoms with E-state index in [1.807, 2.05) is 0 Å². The molecular formula is C7H5ClN4O3. The molecule has 15 heavy (non-hydrogen) atoms. The van der Waals surface area contributed by atoms with Crippen molar-refractivity contribution >= 4 is 34.2 Å². The summed E-state index contributed by atoms with van der Waals surface area (Å²) in [6.45, 7) is 0. The maximum Gasteiger partial charge on any atom is 0.300 e. The van der Waals surface area contributed by atoms with Crippen molar-refractivity contribution in [1.29, 1.82) is 0 Å². The van der Waals surface area contributed by atoms with Gasteiger partial charge < -0.3 is 0 Å². The molecule has 0 unspecified atom stereocenters. The van der Waals surface area contributed by atoms with Crippen LogP contribution in [0.1, 0.15) is 0 Å². The number of aromatic nitrogens is 2. The number of hydrogen-bond acceptors (Lipinski definition) is 6. The number of benzene rings is 1. The fourth-order valence-electron chi connectivity index (χ4n) is 1.24. The maximum atomic E-state index is 10.6. The summed E-state index contributed by atoms with van der Waals surface area (Å²) in [6, 6.07) is 2.79. The van der Waals surface area contributed by atoms with Crippen LogP contribution >= 0.6 is 11.8 Å². The van der Waals surface area contributed by atoms with Gasteiger partial charge >= 0.3 is 5.69 Å². The molecule has 0 atom stereocenters. The minimum Gasteiger partial charge on any atom is -0.286 e. The Morgan fingerprint density at radius 3 is 2.73 bits per heavy atom. The minimum absolute atomic E-state index is 0.0880. The zero-order chi connectivity index (χ0) is 11.0. The monoisotopic (exact) mass is 228 g/mol. The quantitative estimate of drug-likeness (QED) is 0.442. The second-order valence-electron chi connectivity index (χ2n) is 2.80. The summed E-state index contributed by atoms with van der Waals surface area (Å²) in [4.78, 5) is 10.1. The van der Waals surface area contributed by atoms with Gasteiger partial charge in [0.2, 0.25) is 5.52 Å². The number of halogens is 1. The Labute approximate surface area is 88.4 Å². The highest BCUT2D eigenvalue weighted by atomic mass is 35.5. The highest BCUT2D eigenvalue weighted by molar-refractivity contribution is 6.27. The van der Waals surface area contributed by atoms with Crippen LogP contribution in [0.4, 0.5) is 11.4 Å². The number of rotatable bonds is 2. The van der Waals surface area contributed by atoms with Gasteiger partial charge in [-0.05, 0) is 16.4 Å². The molecule has 1 aromatic heterocycles. The summed E-state index contributed by atoms with van der Waals surface area (Å²) in [6.07, 6.45) is 0. The Morgan fingerprint density at radius 1 is 1.47 bits per heavy atom. The van der Waals surface area contributed by atoms with Crippen molar-refractivity contribution in [3.63, 3.8) is 0 Å². The van der Waals surface area contributed by atoms with Crippen LogP contribution in [0, 0.1) is 10.1 Å². The molecular weight excluding hydrogens is 224 g/mol. The zero-order valence-electron chi connectivity index (χ0n) is 7.55. The molecule has 78 valence electrons. The van der Waals surface area contributed by atoms with Gasteiger partial charge in [0, 0.05) is 24.9 Å². The van der Waals surface area contributed by atoms with E-state index in [0.29, 0.717) is 5.69 Å². The number of nitro groups is 1. The fraction of sp³-hybridized carbons (Fsp3) is 0.143. The summed E-state index contributed by atoms with van der Waals surface area (Å²) in [5.41, 5.74) is 0.693. The van der Waals surface area contributed by atoms with Gasteiger partial charge in [-0.15, -0.1) is 0 Å². The number of nitro benzene ring substituents is 1. The van der Waals surface area contributed by atoms with E-state index in [-0.39, 0.29) is 16.7 Å². The largest absolute Gasteiger partial charge is 0.300 e. The fourth-order valence-corrected chi connectivity index (χ4v) is 1.37. The van der Waals surface area contributed by atoms with E-state index in [1.54, 1.807) is 7.05 Å². The van der Waals surface area contributed by atoms with Crippen molar-refractivity contribution in [2.75, 3.05) is 11.5 Å². The molecule has 2 aromatic rings. The molecule has 0 aliphatic carbocycles. The average Bonchev–Trinajstić information content (AvgIpc) is 2.63. The Kier molecular flexibility index (Phi) is 2.16. The first-order valence-corrected chi connectivity index (χ1v) is 4.24. The van der Waals surface area contributed by atoms with Crippen LogP contribution in [0.2, 0.25) is 0 Å². The van der Waals surface area contributed by atoms with E-state index < -0.39 is 4.92 Å². The molecule has 0 saturated heterocycles. The van der Waals surface area contributed by atoms with E-state index in [9.17, 15) is 10.1 Å². The third-order valence-corrected chi connectivity index (χ3v) is 2.08. The highest BCUT2D eigenvalue weighted by Crippen LogP contribution is 2.30. The molecule has 2 rings (SSSR count). The van der Waals surface area contributed by atoms with Crippen molar-refractivity contribution in [3.05, 3.63) is 22.2 Å². The second kappa shape index (κ2) is 3.35. The number of nitrogens with zero attached hydrogens (tertiary/aromatic N) is 4. The van der Waals surface area contributed by atoms with Gasteiger partial charge in [0.15, 0.2) is 5.52 Å². The summed E-state index contributed by atoms with van der Waals surface area (Å²) in [7, 11) is 1.58. The summed E-state index contributed by atoms with van der Waals surface area (Å²) >= 11 is 5.72. The first-order chi connectivity index (χ1) is 7.11. The molecule has 0 amide bonds. The third kappa shape index (κ3) is 1.46. The molecule has 0 fully saturated rings. The first kappa shape index (κ1) is 9.66. The molecule has 8 heteroatoms. The number of fused-ring (bicyclic) bond motifs is 1. The Bertz CT molecular complexity index is 524. The lowest BCUT2D eigenvalue weighted by atomic mass is 10.2. The lowest BCUT2D eigenvalue weighted by molar-refractivity contribution is -0.383. The van der Waals surface area contributed by atoms with Crippen molar-refractivity contribution in [3.8, 4) is 0 Å². The SMILES string of the molecule is CN(Cl)c1ccc([N+](=O)[O-])c2nonc12. The topological polar surface area (TPSA) is 85.3 Å². The van der Waals surface area contributed by atoms with E-state index in [4.69, 9.17) is 11.8 Å². The predicted molar refractivity (Wildman–Crippen MR) is 52.7 cm³/mol. The summed E-state index contributed by atoms with van der Waals surface area (Å²) in [5.74, 6) is 0. The number of hydrogen-bond donors (Lipinski definition) is 0. The third-order valence-electron chi connectivity index (χ3n) is 1.90. The minimum atomic E-state index is -0.551. The average molecular weight is 229 g/mol. The molecule has 0 N–H and O–H groups in total. The Balaban J connectivity index is 2.76. The van der Waals surface area contributed by atoms with Gasteiger partial charge in [0.05, 0.1) is 10.6 Å². The molecule has 1 aromatic carbocycles. The molecule has 1 heterocycles. The van der Waals surface area contributed by atoms with Crippen LogP contribution in [0.15, 0.2) is 16.8 Å². The molecule has 0 radical (unpaired) electrons. The predicted octanol–water partition coefficient (Wildman–Crippen LogP) is 1.72. The standard InChI is InChI=1S/C7H5ClN4O3/c1-11(8)4-2-3-5(12(13)14)7-6(4)9-15-10-7/h2-3H,1H3. The van der Waals surface area contributed by atoms with Gasteiger partial charge in [0.1, 0.15) is 0 Å². The lowest BCUT2D eigenvalue weighted by Crippen LogP contribution is -2.02. The van der Waals surface area contributed by atoms with E-state index in [0.717, 1.165) is 0 Å². The van der Waals surface area contributed by atoms with Crippen LogP contribution in [-0.4, -0.2) is 22.3 Å². The van der Waals surface area contributed by atoms with Gasteiger partial charge in [0.25, 0.3) is 0 Å². The normalized spacial score (nSPS) is 10.5. The maximum absolute atomic E-state index is 10.6. The van der Waals surface area contributed by atoms with Crippen molar-refractivity contribution in [1.82, 2.24) is 10.3 Å². The Hall–Kier alpha value is -1.89. The molecule has 7 nitrogen and oxygen atoms in total. The van der Waals surface area contributed by atoms with Gasteiger partial charge in [-0.1, -0.05) is 0 Å². The van der Waals surface area contributed by atoms with Crippen LogP contribution in [-0.2, 0) is 0 Å². The van der Waals surface area contributed by atoms with E-state index in [1.165, 1.54) is 16.6 Å². The zero-order valence-corrected chi connectivity index (χ0v) is 8.30. The highest BCUT2D eigenvalue weighted by Gasteiger charge is 2.20. The summed E-state index contributed by atoms with van der Waals surface area (Å²) in [5, 5.41) is 17.7. The Morgan fingerprint density at radius 2 is 2.13 bits per heavy atom. The van der Waals surface area contributed by atoms with Crippen LogP contribution < -0.4 is 4.42 Å². The van der Waals surface area contributed by atoms with Crippen LogP contribution in [0.5, 0.6) is 0 Å². The number of anilines is 1. The number of non-ortho nitro benzene ring substituents is 1. The second-order valence-corrected chi connectivity index (χ2v) is 3.31. The molecule has 0 saturated carbocycles. The van der Waals surface area contributed by atoms with Crippen molar-refractivity contribution in [2.45, 2.75) is 0 Å². The van der Waals surface area contributed by atoms with Crippen molar-refractivity contribution < 1.29 is 9.55 Å². The molecule has 0 aliphatic heterocycles.